The molecule has 0 fully saturated rings. The number of carboxylic acids is 1. The molecule has 6 heteroatoms. The van der Waals surface area contributed by atoms with E-state index in [2.05, 4.69) is 22.1 Å². The van der Waals surface area contributed by atoms with Crippen molar-refractivity contribution in [1.29, 1.82) is 0 Å². The highest BCUT2D eigenvalue weighted by Crippen LogP contribution is 2.14. The fraction of sp³-hybridized carbons (Fsp3) is 0.667. The highest BCUT2D eigenvalue weighted by molar-refractivity contribution is 7.99. The molecule has 1 aromatic rings. The lowest BCUT2D eigenvalue weighted by Gasteiger charge is -1.93. The number of nitrogens with zero attached hydrogens (tertiary/aromatic N) is 2. The third-order valence-electron chi connectivity index (χ3n) is 1.76. The van der Waals surface area contributed by atoms with Gasteiger partial charge in [0.2, 0.25) is 5.16 Å². The second-order valence-electron chi connectivity index (χ2n) is 3.16. The Kier molecular flexibility index (Phi) is 5.17. The number of hydrogen-bond acceptors (Lipinski definition) is 4. The Hall–Kier alpha value is -1.04. The van der Waals surface area contributed by atoms with Crippen LogP contribution >= 0.6 is 11.8 Å². The van der Waals surface area contributed by atoms with Crippen molar-refractivity contribution >= 4 is 17.7 Å². The molecule has 1 aromatic heterocycles. The molecular formula is C9H15N3O2S. The molecule has 0 saturated carbocycles. The molecule has 2 N–H and O–H groups in total. The van der Waals surface area contributed by atoms with Crippen LogP contribution in [0.1, 0.15) is 32.0 Å². The van der Waals surface area contributed by atoms with Crippen molar-refractivity contribution < 1.29 is 9.90 Å². The SMILES string of the molecule is CCCc1nc(SCCCC(=O)O)n[nH]1. The Bertz CT molecular complexity index is 314. The van der Waals surface area contributed by atoms with E-state index in [4.69, 9.17) is 5.11 Å². The minimum absolute atomic E-state index is 0.208. The first kappa shape index (κ1) is 12.0. The highest BCUT2D eigenvalue weighted by Gasteiger charge is 2.03. The van der Waals surface area contributed by atoms with Gasteiger partial charge in [-0.25, -0.2) is 4.98 Å². The van der Waals surface area contributed by atoms with Crippen molar-refractivity contribution in [3.63, 3.8) is 0 Å². The number of nitrogens with one attached hydrogen (secondary N) is 1. The molecule has 0 spiro atoms. The van der Waals surface area contributed by atoms with Gasteiger partial charge in [0.15, 0.2) is 0 Å². The zero-order valence-corrected chi connectivity index (χ0v) is 9.51. The number of aromatic nitrogens is 3. The summed E-state index contributed by atoms with van der Waals surface area (Å²) in [6.07, 6.45) is 2.80. The van der Waals surface area contributed by atoms with E-state index in [0.29, 0.717) is 11.6 Å². The molecule has 0 amide bonds. The van der Waals surface area contributed by atoms with Crippen LogP contribution in [0.15, 0.2) is 5.16 Å². The van der Waals surface area contributed by atoms with Crippen LogP contribution in [0, 0.1) is 0 Å². The van der Waals surface area contributed by atoms with Crippen molar-refractivity contribution in [2.75, 3.05) is 5.75 Å². The van der Waals surface area contributed by atoms with Gasteiger partial charge in [-0.3, -0.25) is 9.89 Å². The number of aromatic amines is 1. The number of carbonyl (C=O) groups is 1. The largest absolute Gasteiger partial charge is 0.481 e. The number of aryl methyl sites for hydroxylation is 1. The lowest BCUT2D eigenvalue weighted by atomic mass is 10.3. The third-order valence-corrected chi connectivity index (χ3v) is 2.70. The predicted molar refractivity (Wildman–Crippen MR) is 58.0 cm³/mol. The summed E-state index contributed by atoms with van der Waals surface area (Å²) in [5.41, 5.74) is 0. The summed E-state index contributed by atoms with van der Waals surface area (Å²) in [6, 6.07) is 0. The zero-order chi connectivity index (χ0) is 11.1. The smallest absolute Gasteiger partial charge is 0.303 e. The van der Waals surface area contributed by atoms with Gasteiger partial charge in [-0.15, -0.1) is 5.10 Å². The van der Waals surface area contributed by atoms with Crippen molar-refractivity contribution in [3.05, 3.63) is 5.82 Å². The van der Waals surface area contributed by atoms with E-state index < -0.39 is 5.97 Å². The number of carboxylic acid groups (broad SMARTS) is 1. The van der Waals surface area contributed by atoms with Crippen LogP contribution in [0.2, 0.25) is 0 Å². The van der Waals surface area contributed by atoms with Crippen molar-refractivity contribution in [2.45, 2.75) is 37.8 Å². The quantitative estimate of drug-likeness (QED) is 0.549. The minimum atomic E-state index is -0.753. The molecule has 0 radical (unpaired) electrons. The monoisotopic (exact) mass is 229 g/mol. The van der Waals surface area contributed by atoms with Crippen LogP contribution in [0.5, 0.6) is 0 Å². The summed E-state index contributed by atoms with van der Waals surface area (Å²) in [6.45, 7) is 2.09. The first-order valence-electron chi connectivity index (χ1n) is 4.98. The summed E-state index contributed by atoms with van der Waals surface area (Å²) in [4.78, 5) is 14.5. The molecule has 0 aliphatic carbocycles. The number of H-pyrrole nitrogens is 1. The molecule has 1 heterocycles. The fourth-order valence-corrected chi connectivity index (χ4v) is 1.83. The molecule has 0 bridgehead atoms. The van der Waals surface area contributed by atoms with Crippen molar-refractivity contribution in [1.82, 2.24) is 15.2 Å². The molecule has 0 atom stereocenters. The van der Waals surface area contributed by atoms with Gasteiger partial charge in [0, 0.05) is 18.6 Å². The van der Waals surface area contributed by atoms with Gasteiger partial charge >= 0.3 is 5.97 Å². The van der Waals surface area contributed by atoms with Crippen LogP contribution in [-0.4, -0.2) is 32.0 Å². The van der Waals surface area contributed by atoms with Crippen LogP contribution < -0.4 is 0 Å². The van der Waals surface area contributed by atoms with Crippen LogP contribution in [0.3, 0.4) is 0 Å². The van der Waals surface area contributed by atoms with E-state index in [0.717, 1.165) is 24.4 Å². The molecule has 0 aliphatic rings. The summed E-state index contributed by atoms with van der Waals surface area (Å²) in [5, 5.41) is 16.0. The number of thioether (sulfide) groups is 1. The fourth-order valence-electron chi connectivity index (χ4n) is 1.08. The molecule has 0 saturated heterocycles. The topological polar surface area (TPSA) is 78.9 Å². The Labute approximate surface area is 92.7 Å². The molecular weight excluding hydrogens is 214 g/mol. The number of rotatable bonds is 7. The standard InChI is InChI=1S/C9H15N3O2S/c1-2-4-7-10-9(12-11-7)15-6-3-5-8(13)14/h2-6H2,1H3,(H,13,14)(H,10,11,12). The second kappa shape index (κ2) is 6.44. The van der Waals surface area contributed by atoms with E-state index in [1.807, 2.05) is 0 Å². The average molecular weight is 229 g/mol. The molecule has 0 aliphatic heterocycles. The Morgan fingerprint density at radius 3 is 3.07 bits per heavy atom. The molecule has 15 heavy (non-hydrogen) atoms. The molecule has 0 unspecified atom stereocenters. The van der Waals surface area contributed by atoms with E-state index in [9.17, 15) is 4.79 Å². The maximum Gasteiger partial charge on any atom is 0.303 e. The van der Waals surface area contributed by atoms with Crippen molar-refractivity contribution in [2.24, 2.45) is 0 Å². The van der Waals surface area contributed by atoms with Gasteiger partial charge in [-0.05, 0) is 12.8 Å². The second-order valence-corrected chi connectivity index (χ2v) is 4.22. The van der Waals surface area contributed by atoms with Gasteiger partial charge in [-0.1, -0.05) is 18.7 Å². The average Bonchev–Trinajstić information content (AvgIpc) is 2.61. The summed E-state index contributed by atoms with van der Waals surface area (Å²) in [7, 11) is 0. The minimum Gasteiger partial charge on any atom is -0.481 e. The maximum absolute atomic E-state index is 10.3. The Morgan fingerprint density at radius 2 is 2.40 bits per heavy atom. The van der Waals surface area contributed by atoms with Crippen molar-refractivity contribution in [3.8, 4) is 0 Å². The highest BCUT2D eigenvalue weighted by atomic mass is 32.2. The summed E-state index contributed by atoms with van der Waals surface area (Å²) < 4.78 is 0. The van der Waals surface area contributed by atoms with E-state index in [1.54, 1.807) is 0 Å². The lowest BCUT2D eigenvalue weighted by molar-refractivity contribution is -0.137. The first-order chi connectivity index (χ1) is 7.22. The Morgan fingerprint density at radius 1 is 1.60 bits per heavy atom. The molecule has 5 nitrogen and oxygen atoms in total. The molecule has 1 rings (SSSR count). The van der Waals surface area contributed by atoms with Crippen LogP contribution in [0.4, 0.5) is 0 Å². The number of aliphatic carboxylic acids is 1. The van der Waals surface area contributed by atoms with Crippen LogP contribution in [-0.2, 0) is 11.2 Å². The first-order valence-corrected chi connectivity index (χ1v) is 5.96. The van der Waals surface area contributed by atoms with Gasteiger partial charge in [0.05, 0.1) is 0 Å². The number of hydrogen-bond donors (Lipinski definition) is 2. The van der Waals surface area contributed by atoms with E-state index >= 15 is 0 Å². The maximum atomic E-state index is 10.3. The lowest BCUT2D eigenvalue weighted by Crippen LogP contribution is -1.95. The van der Waals surface area contributed by atoms with Gasteiger partial charge in [0.1, 0.15) is 5.82 Å². The molecule has 84 valence electrons. The Balaban J connectivity index is 2.22. The third kappa shape index (κ3) is 4.83. The van der Waals surface area contributed by atoms with Gasteiger partial charge in [0.25, 0.3) is 0 Å². The van der Waals surface area contributed by atoms with E-state index in [-0.39, 0.29) is 6.42 Å². The summed E-state index contributed by atoms with van der Waals surface area (Å²) in [5.74, 6) is 0.894. The predicted octanol–water partition coefficient (Wildman–Crippen LogP) is 1.71. The summed E-state index contributed by atoms with van der Waals surface area (Å²) >= 11 is 1.49. The van der Waals surface area contributed by atoms with Gasteiger partial charge in [-0.2, -0.15) is 0 Å². The zero-order valence-electron chi connectivity index (χ0n) is 8.69. The van der Waals surface area contributed by atoms with Crippen LogP contribution in [0.25, 0.3) is 0 Å². The van der Waals surface area contributed by atoms with Gasteiger partial charge < -0.3 is 5.11 Å². The van der Waals surface area contributed by atoms with E-state index in [1.165, 1.54) is 11.8 Å². The molecule has 0 aromatic carbocycles. The normalized spacial score (nSPS) is 10.5.